The van der Waals surface area contributed by atoms with Crippen LogP contribution in [0, 0.1) is 5.92 Å². The number of hydrogen-bond acceptors (Lipinski definition) is 2. The van der Waals surface area contributed by atoms with Crippen LogP contribution in [0.25, 0.3) is 0 Å². The maximum absolute atomic E-state index is 12.4. The zero-order valence-corrected chi connectivity index (χ0v) is 16.2. The molecule has 0 aliphatic carbocycles. The molecule has 1 saturated heterocycles. The molecule has 0 radical (unpaired) electrons. The van der Waals surface area contributed by atoms with Gasteiger partial charge in [0.2, 0.25) is 11.8 Å². The summed E-state index contributed by atoms with van der Waals surface area (Å²) in [7, 11) is 0. The number of amides is 2. The van der Waals surface area contributed by atoms with Crippen LogP contribution in [0.15, 0.2) is 59.1 Å². The predicted octanol–water partition coefficient (Wildman–Crippen LogP) is 3.55. The Morgan fingerprint density at radius 2 is 1.88 bits per heavy atom. The first-order valence-electron chi connectivity index (χ1n) is 8.95. The highest BCUT2D eigenvalue weighted by Gasteiger charge is 2.33. The van der Waals surface area contributed by atoms with E-state index in [4.69, 9.17) is 0 Å². The van der Waals surface area contributed by atoms with Gasteiger partial charge in [0.1, 0.15) is 0 Å². The topological polar surface area (TPSA) is 49.4 Å². The lowest BCUT2D eigenvalue weighted by Gasteiger charge is -2.17. The van der Waals surface area contributed by atoms with Gasteiger partial charge in [0.15, 0.2) is 0 Å². The summed E-state index contributed by atoms with van der Waals surface area (Å²) < 4.78 is 0.995. The van der Waals surface area contributed by atoms with Crippen molar-refractivity contribution >= 4 is 27.7 Å². The molecule has 0 bridgehead atoms. The van der Waals surface area contributed by atoms with Crippen molar-refractivity contribution in [3.05, 3.63) is 70.2 Å². The van der Waals surface area contributed by atoms with E-state index in [1.54, 1.807) is 4.90 Å². The Bertz CT molecular complexity index is 764. The summed E-state index contributed by atoms with van der Waals surface area (Å²) in [6, 6.07) is 18.2. The van der Waals surface area contributed by atoms with Crippen LogP contribution < -0.4 is 5.32 Å². The summed E-state index contributed by atoms with van der Waals surface area (Å²) in [6.45, 7) is 1.69. The molecule has 1 aliphatic heterocycles. The van der Waals surface area contributed by atoms with Crippen molar-refractivity contribution in [3.8, 4) is 0 Å². The summed E-state index contributed by atoms with van der Waals surface area (Å²) in [4.78, 5) is 26.4. The van der Waals surface area contributed by atoms with Crippen LogP contribution in [0.5, 0.6) is 0 Å². The van der Waals surface area contributed by atoms with E-state index in [-0.39, 0.29) is 17.7 Å². The minimum Gasteiger partial charge on any atom is -0.356 e. The first kappa shape index (κ1) is 18.6. The van der Waals surface area contributed by atoms with E-state index in [1.807, 2.05) is 42.5 Å². The molecule has 5 heteroatoms. The molecule has 0 aromatic heterocycles. The van der Waals surface area contributed by atoms with Crippen molar-refractivity contribution in [1.29, 1.82) is 0 Å². The molecule has 0 spiro atoms. The molecule has 1 fully saturated rings. The van der Waals surface area contributed by atoms with Crippen LogP contribution in [0.1, 0.15) is 24.0 Å². The third kappa shape index (κ3) is 5.18. The third-order valence-corrected chi connectivity index (χ3v) is 5.13. The van der Waals surface area contributed by atoms with E-state index in [0.29, 0.717) is 26.1 Å². The highest BCUT2D eigenvalue weighted by molar-refractivity contribution is 9.10. The highest BCUT2D eigenvalue weighted by Crippen LogP contribution is 2.21. The first-order valence-corrected chi connectivity index (χ1v) is 9.75. The monoisotopic (exact) mass is 414 g/mol. The molecule has 0 saturated carbocycles. The normalized spacial score (nSPS) is 16.7. The number of aryl methyl sites for hydroxylation is 1. The second kappa shape index (κ2) is 8.99. The largest absolute Gasteiger partial charge is 0.356 e. The van der Waals surface area contributed by atoms with E-state index in [0.717, 1.165) is 22.9 Å². The molecule has 26 heavy (non-hydrogen) atoms. The van der Waals surface area contributed by atoms with Crippen LogP contribution in [-0.4, -0.2) is 29.8 Å². The molecule has 2 aromatic rings. The number of likely N-dealkylation sites (tertiary alicyclic amines) is 1. The standard InChI is InChI=1S/C21H23BrN2O2/c22-19-10-4-8-17(12-19)14-24-15-18(13-20(24)25)21(26)23-11-5-9-16-6-2-1-3-7-16/h1-4,6-8,10,12,18H,5,9,11,13-15H2,(H,23,26)/t18-/m0/s1. The van der Waals surface area contributed by atoms with Gasteiger partial charge in [-0.3, -0.25) is 9.59 Å². The fourth-order valence-electron chi connectivity index (χ4n) is 3.25. The van der Waals surface area contributed by atoms with Crippen molar-refractivity contribution in [2.75, 3.05) is 13.1 Å². The highest BCUT2D eigenvalue weighted by atomic mass is 79.9. The van der Waals surface area contributed by atoms with Crippen molar-refractivity contribution < 1.29 is 9.59 Å². The van der Waals surface area contributed by atoms with E-state index >= 15 is 0 Å². The summed E-state index contributed by atoms with van der Waals surface area (Å²) >= 11 is 3.45. The van der Waals surface area contributed by atoms with Crippen LogP contribution >= 0.6 is 15.9 Å². The van der Waals surface area contributed by atoms with E-state index in [9.17, 15) is 9.59 Å². The van der Waals surface area contributed by atoms with E-state index in [2.05, 4.69) is 33.4 Å². The van der Waals surface area contributed by atoms with Crippen molar-refractivity contribution in [2.24, 2.45) is 5.92 Å². The molecular weight excluding hydrogens is 392 g/mol. The minimum absolute atomic E-state index is 0.0110. The Morgan fingerprint density at radius 3 is 2.65 bits per heavy atom. The van der Waals surface area contributed by atoms with Gasteiger partial charge in [-0.2, -0.15) is 0 Å². The average Bonchev–Trinajstić information content (AvgIpc) is 3.00. The van der Waals surface area contributed by atoms with Crippen molar-refractivity contribution in [3.63, 3.8) is 0 Å². The summed E-state index contributed by atoms with van der Waals surface area (Å²) in [5.74, 6) is -0.205. The lowest BCUT2D eigenvalue weighted by Crippen LogP contribution is -2.33. The molecule has 3 rings (SSSR count). The molecule has 1 atom stereocenters. The zero-order chi connectivity index (χ0) is 18.4. The van der Waals surface area contributed by atoms with Gasteiger partial charge in [0, 0.05) is 30.5 Å². The molecular formula is C21H23BrN2O2. The van der Waals surface area contributed by atoms with E-state index in [1.165, 1.54) is 5.56 Å². The number of rotatable bonds is 7. The molecule has 0 unspecified atom stereocenters. The number of halogens is 1. The van der Waals surface area contributed by atoms with Crippen LogP contribution in [0.2, 0.25) is 0 Å². The van der Waals surface area contributed by atoms with Gasteiger partial charge in [-0.25, -0.2) is 0 Å². The Morgan fingerprint density at radius 1 is 1.12 bits per heavy atom. The second-order valence-corrected chi connectivity index (χ2v) is 7.60. The molecule has 2 amide bonds. The summed E-state index contributed by atoms with van der Waals surface area (Å²) in [5, 5.41) is 2.98. The van der Waals surface area contributed by atoms with Crippen molar-refractivity contribution in [2.45, 2.75) is 25.8 Å². The van der Waals surface area contributed by atoms with Gasteiger partial charge in [-0.1, -0.05) is 58.4 Å². The van der Waals surface area contributed by atoms with Crippen molar-refractivity contribution in [1.82, 2.24) is 10.2 Å². The number of carbonyl (C=O) groups is 2. The molecule has 4 nitrogen and oxygen atoms in total. The van der Waals surface area contributed by atoms with Gasteiger partial charge in [0.05, 0.1) is 5.92 Å². The summed E-state index contributed by atoms with van der Waals surface area (Å²) in [6.07, 6.45) is 2.15. The van der Waals surface area contributed by atoms with Crippen LogP contribution in [0.3, 0.4) is 0 Å². The molecule has 2 aromatic carbocycles. The van der Waals surface area contributed by atoms with Gasteiger partial charge in [0.25, 0.3) is 0 Å². The maximum atomic E-state index is 12.4. The Labute approximate surface area is 162 Å². The minimum atomic E-state index is -0.244. The lowest BCUT2D eigenvalue weighted by molar-refractivity contribution is -0.129. The van der Waals surface area contributed by atoms with Gasteiger partial charge in [-0.15, -0.1) is 0 Å². The number of nitrogens with zero attached hydrogens (tertiary/aromatic N) is 1. The first-order chi connectivity index (χ1) is 12.6. The molecule has 1 heterocycles. The quantitative estimate of drug-likeness (QED) is 0.704. The Hall–Kier alpha value is -2.14. The van der Waals surface area contributed by atoms with Gasteiger partial charge < -0.3 is 10.2 Å². The fraction of sp³-hybridized carbons (Fsp3) is 0.333. The maximum Gasteiger partial charge on any atom is 0.225 e. The predicted molar refractivity (Wildman–Crippen MR) is 105 cm³/mol. The van der Waals surface area contributed by atoms with Gasteiger partial charge >= 0.3 is 0 Å². The lowest BCUT2D eigenvalue weighted by atomic mass is 10.1. The smallest absolute Gasteiger partial charge is 0.225 e. The fourth-order valence-corrected chi connectivity index (χ4v) is 3.70. The zero-order valence-electron chi connectivity index (χ0n) is 14.7. The summed E-state index contributed by atoms with van der Waals surface area (Å²) in [5.41, 5.74) is 2.34. The number of nitrogens with one attached hydrogen (secondary N) is 1. The Balaban J connectivity index is 1.43. The van der Waals surface area contributed by atoms with E-state index < -0.39 is 0 Å². The number of hydrogen-bond donors (Lipinski definition) is 1. The van der Waals surface area contributed by atoms with Crippen LogP contribution in [0.4, 0.5) is 0 Å². The molecule has 136 valence electrons. The Kier molecular flexibility index (Phi) is 6.45. The third-order valence-electron chi connectivity index (χ3n) is 4.63. The molecule has 1 N–H and O–H groups in total. The number of carbonyl (C=O) groups excluding carboxylic acids is 2. The van der Waals surface area contributed by atoms with Crippen LogP contribution in [-0.2, 0) is 22.6 Å². The molecule has 1 aliphatic rings. The SMILES string of the molecule is O=C(NCCCc1ccccc1)[C@H]1CC(=O)N(Cc2cccc(Br)c2)C1. The second-order valence-electron chi connectivity index (χ2n) is 6.69. The number of benzene rings is 2. The average molecular weight is 415 g/mol. The van der Waals surface area contributed by atoms with Gasteiger partial charge in [-0.05, 0) is 36.1 Å².